The number of benzene rings is 1. The van der Waals surface area contributed by atoms with E-state index in [1.807, 2.05) is 0 Å². The lowest BCUT2D eigenvalue weighted by Crippen LogP contribution is -2.07. The lowest BCUT2D eigenvalue weighted by molar-refractivity contribution is -0.111. The van der Waals surface area contributed by atoms with Crippen LogP contribution in [0, 0.1) is 5.82 Å². The Balaban J connectivity index is 1.99. The van der Waals surface area contributed by atoms with Crippen molar-refractivity contribution in [3.63, 3.8) is 0 Å². The van der Waals surface area contributed by atoms with E-state index in [0.29, 0.717) is 10.9 Å². The summed E-state index contributed by atoms with van der Waals surface area (Å²) in [5.41, 5.74) is 0.166. The van der Waals surface area contributed by atoms with E-state index in [4.69, 9.17) is 11.6 Å². The number of aromatic nitrogens is 2. The molecule has 1 aromatic heterocycles. The molecule has 2 rings (SSSR count). The zero-order chi connectivity index (χ0) is 15.9. The van der Waals surface area contributed by atoms with E-state index in [1.54, 1.807) is 12.1 Å². The number of hydrogen-bond acceptors (Lipinski definition) is 5. The molecule has 0 radical (unpaired) electrons. The Morgan fingerprint density at radius 2 is 2.32 bits per heavy atom. The Bertz CT molecular complexity index is 698. The predicted molar refractivity (Wildman–Crippen MR) is 89.9 cm³/mol. The molecule has 114 valence electrons. The molecular formula is C14H11ClFN3OS2. The van der Waals surface area contributed by atoms with Gasteiger partial charge in [0.1, 0.15) is 5.82 Å². The minimum Gasteiger partial charge on any atom is -0.297 e. The Hall–Kier alpha value is -1.70. The number of thioether (sulfide) groups is 1. The normalized spacial score (nSPS) is 10.8. The van der Waals surface area contributed by atoms with Crippen molar-refractivity contribution in [3.8, 4) is 0 Å². The van der Waals surface area contributed by atoms with Crippen LogP contribution in [-0.2, 0) is 4.79 Å². The second-order valence-electron chi connectivity index (χ2n) is 3.93. The molecule has 8 heteroatoms. The average Bonchev–Trinajstić information content (AvgIpc) is 2.92. The highest BCUT2D eigenvalue weighted by molar-refractivity contribution is 8.01. The third-order valence-electron chi connectivity index (χ3n) is 2.36. The van der Waals surface area contributed by atoms with E-state index < -0.39 is 11.7 Å². The Kier molecular flexibility index (Phi) is 6.11. The molecule has 0 aliphatic heterocycles. The van der Waals surface area contributed by atoms with Crippen LogP contribution in [-0.4, -0.2) is 21.9 Å². The molecular weight excluding hydrogens is 345 g/mol. The zero-order valence-electron chi connectivity index (χ0n) is 11.3. The maximum atomic E-state index is 13.6. The molecule has 1 aromatic carbocycles. The summed E-state index contributed by atoms with van der Waals surface area (Å²) in [6.07, 6.45) is 4.27. The maximum absolute atomic E-state index is 13.6. The van der Waals surface area contributed by atoms with E-state index >= 15 is 0 Å². The topological polar surface area (TPSA) is 54.9 Å². The maximum Gasteiger partial charge on any atom is 0.250 e. The largest absolute Gasteiger partial charge is 0.297 e. The Labute approximate surface area is 140 Å². The van der Waals surface area contributed by atoms with E-state index in [2.05, 4.69) is 22.1 Å². The van der Waals surface area contributed by atoms with Crippen molar-refractivity contribution in [2.75, 3.05) is 11.1 Å². The molecule has 0 atom stereocenters. The van der Waals surface area contributed by atoms with Crippen LogP contribution in [0.3, 0.4) is 0 Å². The molecule has 0 fully saturated rings. The van der Waals surface area contributed by atoms with Crippen LogP contribution in [0.2, 0.25) is 5.02 Å². The Morgan fingerprint density at radius 1 is 1.50 bits per heavy atom. The first-order valence-corrected chi connectivity index (χ1v) is 8.28. The van der Waals surface area contributed by atoms with Gasteiger partial charge in [0.2, 0.25) is 11.0 Å². The standard InChI is InChI=1S/C14H11ClFN3OS2/c1-2-8-21-14-19-18-13(22-14)17-12(20)7-6-9-10(15)4-3-5-11(9)16/h2-7H,1,8H2,(H,17,18,20)/b7-6+. The van der Waals surface area contributed by atoms with Gasteiger partial charge in [0.25, 0.3) is 0 Å². The second-order valence-corrected chi connectivity index (χ2v) is 6.58. The highest BCUT2D eigenvalue weighted by Crippen LogP contribution is 2.25. The minimum atomic E-state index is -0.490. The Morgan fingerprint density at radius 3 is 3.05 bits per heavy atom. The number of hydrogen-bond donors (Lipinski definition) is 1. The van der Waals surface area contributed by atoms with Crippen molar-refractivity contribution in [1.82, 2.24) is 10.2 Å². The number of carbonyl (C=O) groups is 1. The quantitative estimate of drug-likeness (QED) is 0.364. The highest BCUT2D eigenvalue weighted by atomic mass is 35.5. The fourth-order valence-corrected chi connectivity index (χ4v) is 3.17. The summed E-state index contributed by atoms with van der Waals surface area (Å²) >= 11 is 8.60. The van der Waals surface area contributed by atoms with Crippen molar-refractivity contribution < 1.29 is 9.18 Å². The van der Waals surface area contributed by atoms with Crippen molar-refractivity contribution in [1.29, 1.82) is 0 Å². The van der Waals surface area contributed by atoms with Gasteiger partial charge in [0.15, 0.2) is 4.34 Å². The summed E-state index contributed by atoms with van der Waals surface area (Å²) in [6, 6.07) is 4.33. The summed E-state index contributed by atoms with van der Waals surface area (Å²) < 4.78 is 14.3. The average molecular weight is 356 g/mol. The van der Waals surface area contributed by atoms with Crippen LogP contribution in [0.4, 0.5) is 9.52 Å². The van der Waals surface area contributed by atoms with Gasteiger partial charge in [-0.25, -0.2) is 4.39 Å². The van der Waals surface area contributed by atoms with Crippen LogP contribution in [0.1, 0.15) is 5.56 Å². The van der Waals surface area contributed by atoms with E-state index in [1.165, 1.54) is 47.4 Å². The van der Waals surface area contributed by atoms with Gasteiger partial charge in [0.05, 0.1) is 5.02 Å². The molecule has 2 aromatic rings. The van der Waals surface area contributed by atoms with Gasteiger partial charge < -0.3 is 0 Å². The third kappa shape index (κ3) is 4.66. The second kappa shape index (κ2) is 8.07. The summed E-state index contributed by atoms with van der Waals surface area (Å²) in [6.45, 7) is 3.61. The van der Waals surface area contributed by atoms with Gasteiger partial charge >= 0.3 is 0 Å². The zero-order valence-corrected chi connectivity index (χ0v) is 13.6. The fourth-order valence-electron chi connectivity index (χ4n) is 1.42. The molecule has 22 heavy (non-hydrogen) atoms. The molecule has 1 heterocycles. The lowest BCUT2D eigenvalue weighted by atomic mass is 10.2. The van der Waals surface area contributed by atoms with E-state index in [9.17, 15) is 9.18 Å². The van der Waals surface area contributed by atoms with Crippen LogP contribution < -0.4 is 5.32 Å². The summed E-state index contributed by atoms with van der Waals surface area (Å²) in [5, 5.41) is 10.9. The van der Waals surface area contributed by atoms with E-state index in [-0.39, 0.29) is 10.6 Å². The van der Waals surface area contributed by atoms with Gasteiger partial charge in [-0.2, -0.15) is 0 Å². The summed E-state index contributed by atoms with van der Waals surface area (Å²) in [7, 11) is 0. The monoisotopic (exact) mass is 355 g/mol. The van der Waals surface area contributed by atoms with Gasteiger partial charge in [-0.05, 0) is 18.2 Å². The summed E-state index contributed by atoms with van der Waals surface area (Å²) in [5.74, 6) is -0.208. The smallest absolute Gasteiger partial charge is 0.250 e. The predicted octanol–water partition coefficient (Wildman–Crippen LogP) is 4.26. The molecule has 0 bridgehead atoms. The SMILES string of the molecule is C=CCSc1nnc(NC(=O)/C=C/c2c(F)cccc2Cl)s1. The van der Waals surface area contributed by atoms with Crippen molar-refractivity contribution in [3.05, 3.63) is 53.3 Å². The molecule has 0 aliphatic rings. The molecule has 0 saturated heterocycles. The van der Waals surface area contributed by atoms with Gasteiger partial charge in [-0.3, -0.25) is 10.1 Å². The van der Waals surface area contributed by atoms with E-state index in [0.717, 1.165) is 4.34 Å². The third-order valence-corrected chi connectivity index (χ3v) is 4.66. The summed E-state index contributed by atoms with van der Waals surface area (Å²) in [4.78, 5) is 11.8. The number of nitrogens with one attached hydrogen (secondary N) is 1. The van der Waals surface area contributed by atoms with Crippen LogP contribution in [0.5, 0.6) is 0 Å². The van der Waals surface area contributed by atoms with Crippen molar-refractivity contribution >= 4 is 51.8 Å². The molecule has 0 aliphatic carbocycles. The molecule has 4 nitrogen and oxygen atoms in total. The number of anilines is 1. The number of amides is 1. The van der Waals surface area contributed by atoms with Crippen molar-refractivity contribution in [2.24, 2.45) is 0 Å². The van der Waals surface area contributed by atoms with Gasteiger partial charge in [-0.1, -0.05) is 46.8 Å². The first-order valence-electron chi connectivity index (χ1n) is 6.10. The first kappa shape index (κ1) is 16.7. The van der Waals surface area contributed by atoms with Crippen LogP contribution in [0.25, 0.3) is 6.08 Å². The lowest BCUT2D eigenvalue weighted by Gasteiger charge is -1.99. The van der Waals surface area contributed by atoms with Gasteiger partial charge in [0, 0.05) is 17.4 Å². The highest BCUT2D eigenvalue weighted by Gasteiger charge is 2.07. The molecule has 0 unspecified atom stereocenters. The minimum absolute atomic E-state index is 0.166. The number of carbonyl (C=O) groups excluding carboxylic acids is 1. The molecule has 0 spiro atoms. The molecule has 1 amide bonds. The molecule has 1 N–H and O–H groups in total. The number of rotatable bonds is 6. The van der Waals surface area contributed by atoms with Crippen molar-refractivity contribution in [2.45, 2.75) is 4.34 Å². The van der Waals surface area contributed by atoms with Crippen LogP contribution in [0.15, 0.2) is 41.3 Å². The molecule has 0 saturated carbocycles. The number of nitrogens with zero attached hydrogens (tertiary/aromatic N) is 2. The van der Waals surface area contributed by atoms with Gasteiger partial charge in [-0.15, -0.1) is 16.8 Å². The number of halogens is 2. The first-order chi connectivity index (χ1) is 10.6. The fraction of sp³-hybridized carbons (Fsp3) is 0.0714. The van der Waals surface area contributed by atoms with Crippen LogP contribution >= 0.6 is 34.7 Å².